The molecule has 1 aromatic carbocycles. The fourth-order valence-corrected chi connectivity index (χ4v) is 2.35. The van der Waals surface area contributed by atoms with Gasteiger partial charge in [0.15, 0.2) is 11.5 Å². The molecule has 2 unspecified atom stereocenters. The molecule has 2 aliphatic rings. The zero-order valence-corrected chi connectivity index (χ0v) is 10.7. The molecule has 1 aromatic rings. The molecule has 0 aromatic heterocycles. The highest BCUT2D eigenvalue weighted by Gasteiger charge is 2.28. The van der Waals surface area contributed by atoms with E-state index in [0.29, 0.717) is 35.2 Å². The molecule has 1 saturated heterocycles. The highest BCUT2D eigenvalue weighted by molar-refractivity contribution is 6.34. The number of nitrogens with one attached hydrogen (secondary N) is 2. The fourth-order valence-electron chi connectivity index (χ4n) is 2.15. The standard InChI is InChI=1S/C12H13ClN2O4/c13-7-2-10-11(19-5-18-10)3-8(7)15-12(17)9-1-6(16)4-14-9/h2-3,6,9,14,16H,1,4-5H2,(H,15,17). The van der Waals surface area contributed by atoms with Crippen molar-refractivity contribution < 1.29 is 19.4 Å². The highest BCUT2D eigenvalue weighted by Crippen LogP contribution is 2.39. The number of aliphatic hydroxyl groups excluding tert-OH is 1. The zero-order valence-electron chi connectivity index (χ0n) is 9.98. The van der Waals surface area contributed by atoms with E-state index in [2.05, 4.69) is 10.6 Å². The van der Waals surface area contributed by atoms with E-state index in [4.69, 9.17) is 21.1 Å². The first kappa shape index (κ1) is 12.5. The molecule has 19 heavy (non-hydrogen) atoms. The second-order valence-electron chi connectivity index (χ2n) is 4.52. The van der Waals surface area contributed by atoms with Crippen LogP contribution in [-0.2, 0) is 4.79 Å². The van der Waals surface area contributed by atoms with Gasteiger partial charge in [0.2, 0.25) is 12.7 Å². The fraction of sp³-hybridized carbons (Fsp3) is 0.417. The van der Waals surface area contributed by atoms with E-state index >= 15 is 0 Å². The van der Waals surface area contributed by atoms with Gasteiger partial charge in [0.25, 0.3) is 0 Å². The molecule has 0 spiro atoms. The third kappa shape index (κ3) is 2.47. The SMILES string of the molecule is O=C(Nc1cc2c(cc1Cl)OCO2)C1CC(O)CN1. The van der Waals surface area contributed by atoms with Gasteiger partial charge in [0, 0.05) is 18.7 Å². The van der Waals surface area contributed by atoms with Gasteiger partial charge in [-0.15, -0.1) is 0 Å². The number of amides is 1. The highest BCUT2D eigenvalue weighted by atomic mass is 35.5. The number of carbonyl (C=O) groups excluding carboxylic acids is 1. The lowest BCUT2D eigenvalue weighted by molar-refractivity contribution is -0.117. The van der Waals surface area contributed by atoms with Gasteiger partial charge in [-0.2, -0.15) is 0 Å². The van der Waals surface area contributed by atoms with E-state index in [1.165, 1.54) is 0 Å². The molecular weight excluding hydrogens is 272 g/mol. The van der Waals surface area contributed by atoms with Gasteiger partial charge in [0.05, 0.1) is 22.9 Å². The number of hydrogen-bond acceptors (Lipinski definition) is 5. The number of benzene rings is 1. The Balaban J connectivity index is 1.74. The molecule has 2 heterocycles. The lowest BCUT2D eigenvalue weighted by Gasteiger charge is -2.12. The summed E-state index contributed by atoms with van der Waals surface area (Å²) in [4.78, 5) is 12.0. The van der Waals surface area contributed by atoms with Crippen molar-refractivity contribution in [3.8, 4) is 11.5 Å². The Labute approximate surface area is 114 Å². The largest absolute Gasteiger partial charge is 0.454 e. The number of hydrogen-bond donors (Lipinski definition) is 3. The van der Waals surface area contributed by atoms with Gasteiger partial charge in [-0.05, 0) is 6.42 Å². The number of aliphatic hydroxyl groups is 1. The molecule has 6 nitrogen and oxygen atoms in total. The van der Waals surface area contributed by atoms with Crippen LogP contribution in [0.15, 0.2) is 12.1 Å². The van der Waals surface area contributed by atoms with Crippen molar-refractivity contribution in [1.29, 1.82) is 0 Å². The van der Waals surface area contributed by atoms with Crippen LogP contribution in [0.3, 0.4) is 0 Å². The molecule has 1 fully saturated rings. The molecule has 0 radical (unpaired) electrons. The second-order valence-corrected chi connectivity index (χ2v) is 4.93. The van der Waals surface area contributed by atoms with Gasteiger partial charge in [-0.25, -0.2) is 0 Å². The maximum Gasteiger partial charge on any atom is 0.241 e. The number of carbonyl (C=O) groups is 1. The van der Waals surface area contributed by atoms with E-state index < -0.39 is 12.1 Å². The van der Waals surface area contributed by atoms with Crippen LogP contribution in [0.2, 0.25) is 5.02 Å². The maximum atomic E-state index is 12.0. The average Bonchev–Trinajstić information content (AvgIpc) is 2.98. The van der Waals surface area contributed by atoms with Crippen LogP contribution >= 0.6 is 11.6 Å². The van der Waals surface area contributed by atoms with E-state index in [-0.39, 0.29) is 12.7 Å². The molecule has 102 valence electrons. The lowest BCUT2D eigenvalue weighted by atomic mass is 10.2. The number of rotatable bonds is 2. The van der Waals surface area contributed by atoms with E-state index in [9.17, 15) is 9.90 Å². The lowest BCUT2D eigenvalue weighted by Crippen LogP contribution is -2.35. The minimum atomic E-state index is -0.483. The molecule has 3 N–H and O–H groups in total. The number of fused-ring (bicyclic) bond motifs is 1. The first-order chi connectivity index (χ1) is 9.13. The van der Waals surface area contributed by atoms with E-state index in [1.54, 1.807) is 12.1 Å². The molecule has 0 aliphatic carbocycles. The van der Waals surface area contributed by atoms with Crippen LogP contribution in [0.4, 0.5) is 5.69 Å². The van der Waals surface area contributed by atoms with E-state index in [0.717, 1.165) is 0 Å². The molecule has 3 rings (SSSR count). The summed E-state index contributed by atoms with van der Waals surface area (Å²) in [5, 5.41) is 15.4. The van der Waals surface area contributed by atoms with Gasteiger partial charge in [-0.1, -0.05) is 11.6 Å². The molecule has 2 aliphatic heterocycles. The topological polar surface area (TPSA) is 79.8 Å². The van der Waals surface area contributed by atoms with Gasteiger partial charge in [0.1, 0.15) is 0 Å². The predicted octanol–water partition coefficient (Wildman–Crippen LogP) is 0.730. The Bertz CT molecular complexity index is 523. The number of halogens is 1. The monoisotopic (exact) mass is 284 g/mol. The Kier molecular flexibility index (Phi) is 3.22. The minimum Gasteiger partial charge on any atom is -0.454 e. The van der Waals surface area contributed by atoms with Crippen LogP contribution < -0.4 is 20.1 Å². The molecule has 0 bridgehead atoms. The van der Waals surface area contributed by atoms with Crippen molar-refractivity contribution in [2.24, 2.45) is 0 Å². The first-order valence-corrected chi connectivity index (χ1v) is 6.33. The second kappa shape index (κ2) is 4.88. The third-order valence-corrected chi connectivity index (χ3v) is 3.46. The Hall–Kier alpha value is -1.50. The van der Waals surface area contributed by atoms with Crippen LogP contribution in [0, 0.1) is 0 Å². The quantitative estimate of drug-likeness (QED) is 0.746. The summed E-state index contributed by atoms with van der Waals surface area (Å²) in [5.41, 5.74) is 0.471. The smallest absolute Gasteiger partial charge is 0.241 e. The summed E-state index contributed by atoms with van der Waals surface area (Å²) in [6.07, 6.45) is -0.0865. The summed E-state index contributed by atoms with van der Waals surface area (Å²) in [6, 6.07) is 2.83. The van der Waals surface area contributed by atoms with E-state index in [1.807, 2.05) is 0 Å². The summed E-state index contributed by atoms with van der Waals surface area (Å²) in [6.45, 7) is 0.576. The van der Waals surface area contributed by atoms with Crippen LogP contribution in [0.5, 0.6) is 11.5 Å². The number of anilines is 1. The normalized spacial score (nSPS) is 24.5. The number of β-amino-alcohol motifs (C(OH)–C–C–N with tert-alkyl or cyclic N) is 1. The summed E-state index contributed by atoms with van der Waals surface area (Å²) < 4.78 is 10.4. The van der Waals surface area contributed by atoms with Crippen molar-refractivity contribution in [3.05, 3.63) is 17.2 Å². The maximum absolute atomic E-state index is 12.0. The molecule has 0 saturated carbocycles. The minimum absolute atomic E-state index is 0.152. The number of ether oxygens (including phenoxy) is 2. The average molecular weight is 285 g/mol. The van der Waals surface area contributed by atoms with Crippen molar-refractivity contribution >= 4 is 23.2 Å². The van der Waals surface area contributed by atoms with Crippen molar-refractivity contribution in [3.63, 3.8) is 0 Å². The van der Waals surface area contributed by atoms with Crippen molar-refractivity contribution in [1.82, 2.24) is 5.32 Å². The van der Waals surface area contributed by atoms with Crippen LogP contribution in [0.1, 0.15) is 6.42 Å². The van der Waals surface area contributed by atoms with Gasteiger partial charge in [-0.3, -0.25) is 4.79 Å². The Morgan fingerprint density at radius 1 is 1.42 bits per heavy atom. The zero-order chi connectivity index (χ0) is 13.4. The summed E-state index contributed by atoms with van der Waals surface area (Å²) >= 11 is 6.07. The Morgan fingerprint density at radius 3 is 2.84 bits per heavy atom. The molecular formula is C12H13ClN2O4. The summed E-state index contributed by atoms with van der Waals surface area (Å²) in [7, 11) is 0. The van der Waals surface area contributed by atoms with Gasteiger partial charge >= 0.3 is 0 Å². The first-order valence-electron chi connectivity index (χ1n) is 5.95. The third-order valence-electron chi connectivity index (χ3n) is 3.14. The van der Waals surface area contributed by atoms with Gasteiger partial charge < -0.3 is 25.2 Å². The van der Waals surface area contributed by atoms with Crippen LogP contribution in [-0.4, -0.2) is 36.5 Å². The van der Waals surface area contributed by atoms with Crippen molar-refractivity contribution in [2.75, 3.05) is 18.7 Å². The molecule has 1 amide bonds. The van der Waals surface area contributed by atoms with Crippen molar-refractivity contribution in [2.45, 2.75) is 18.6 Å². The Morgan fingerprint density at radius 2 is 2.16 bits per heavy atom. The molecule has 2 atom stereocenters. The predicted molar refractivity (Wildman–Crippen MR) is 68.6 cm³/mol. The molecule has 7 heteroatoms. The van der Waals surface area contributed by atoms with Crippen LogP contribution in [0.25, 0.3) is 0 Å². The summed E-state index contributed by atoms with van der Waals surface area (Å²) in [5.74, 6) is 0.897.